The molecule has 2 N–H and O–H groups in total. The van der Waals surface area contributed by atoms with Crippen molar-refractivity contribution in [2.24, 2.45) is 0 Å². The molecule has 4 nitrogen and oxygen atoms in total. The van der Waals surface area contributed by atoms with Crippen molar-refractivity contribution in [3.63, 3.8) is 0 Å². The topological polar surface area (TPSA) is 74.6 Å². The normalized spacial score (nSPS) is 11.6. The quantitative estimate of drug-likeness (QED) is 0.313. The SMILES string of the molecule is O=S(O)(O)=[18O]. The molecule has 0 aromatic rings. The minimum Gasteiger partial charge on any atom is -0.264 e. The first kappa shape index (κ1) is 4.87. The first-order valence-corrected chi connectivity index (χ1v) is 2.10. The van der Waals surface area contributed by atoms with E-state index in [1.807, 2.05) is 0 Å². The molecule has 0 bridgehead atoms. The van der Waals surface area contributed by atoms with Crippen molar-refractivity contribution < 1.29 is 17.5 Å². The molecule has 32 valence electrons. The fourth-order valence-corrected chi connectivity index (χ4v) is 0. The van der Waals surface area contributed by atoms with Gasteiger partial charge in [-0.1, -0.05) is 0 Å². The Morgan fingerprint density at radius 1 is 1.60 bits per heavy atom. The average Bonchev–Trinajstić information content (AvgIpc) is 0.722. The lowest BCUT2D eigenvalue weighted by Gasteiger charge is -1.68. The Hall–Kier alpha value is -0.130. The molecule has 0 aliphatic heterocycles. The molecule has 0 heterocycles. The predicted octanol–water partition coefficient (Wildman–Crippen LogP) is -0.653. The highest BCUT2D eigenvalue weighted by atomic mass is 32.3. The third-order valence-electron chi connectivity index (χ3n) is 0. The molecule has 0 saturated heterocycles. The van der Waals surface area contributed by atoms with E-state index in [1.54, 1.807) is 0 Å². The second-order valence-electron chi connectivity index (χ2n) is 0.448. The van der Waals surface area contributed by atoms with Crippen molar-refractivity contribution in [1.82, 2.24) is 0 Å². The molecule has 0 atom stereocenters. The van der Waals surface area contributed by atoms with Crippen LogP contribution in [0.5, 0.6) is 0 Å². The van der Waals surface area contributed by atoms with E-state index in [9.17, 15) is 0 Å². The smallest absolute Gasteiger partial charge is 0.264 e. The zero-order chi connectivity index (χ0) is 4.50. The van der Waals surface area contributed by atoms with E-state index in [2.05, 4.69) is 0 Å². The maximum absolute atomic E-state index is 8.74. The van der Waals surface area contributed by atoms with E-state index in [0.29, 0.717) is 0 Å². The van der Waals surface area contributed by atoms with Crippen LogP contribution in [-0.4, -0.2) is 17.5 Å². The average molecular weight is 100 g/mol. The van der Waals surface area contributed by atoms with Crippen molar-refractivity contribution in [3.8, 4) is 0 Å². The Kier molecular flexibility index (Phi) is 0.901. The van der Waals surface area contributed by atoms with Gasteiger partial charge in [-0.25, -0.2) is 0 Å². The van der Waals surface area contributed by atoms with Gasteiger partial charge in [0.15, 0.2) is 0 Å². The van der Waals surface area contributed by atoms with E-state index < -0.39 is 10.4 Å². The van der Waals surface area contributed by atoms with Crippen molar-refractivity contribution in [2.75, 3.05) is 0 Å². The highest BCUT2D eigenvalue weighted by molar-refractivity contribution is 7.79. The van der Waals surface area contributed by atoms with E-state index >= 15 is 0 Å². The highest BCUT2D eigenvalue weighted by Gasteiger charge is 1.84. The maximum atomic E-state index is 8.74. The Morgan fingerprint density at radius 2 is 1.60 bits per heavy atom. The summed E-state index contributed by atoms with van der Waals surface area (Å²) in [7, 11) is -4.67. The largest absolute Gasteiger partial charge is 0.394 e. The van der Waals surface area contributed by atoms with E-state index in [1.165, 1.54) is 0 Å². The Bertz CT molecular complexity index is 86.8. The van der Waals surface area contributed by atoms with Crippen molar-refractivity contribution in [1.29, 1.82) is 0 Å². The Balaban J connectivity index is 4.06. The summed E-state index contributed by atoms with van der Waals surface area (Å²) >= 11 is 0. The third-order valence-corrected chi connectivity index (χ3v) is 0. The van der Waals surface area contributed by atoms with Crippen LogP contribution >= 0.6 is 0 Å². The molecule has 0 aromatic carbocycles. The lowest BCUT2D eigenvalue weighted by Crippen LogP contribution is -1.89. The van der Waals surface area contributed by atoms with Gasteiger partial charge < -0.3 is 0 Å². The molecular weight excluding hydrogens is 98.1 g/mol. The number of hydrogen-bond donors (Lipinski definition) is 2. The molecule has 0 radical (unpaired) electrons. The number of rotatable bonds is 0. The second-order valence-corrected chi connectivity index (χ2v) is 1.34. The lowest BCUT2D eigenvalue weighted by atomic mass is 15.8. The first-order chi connectivity index (χ1) is 2.00. The fraction of sp³-hybridized carbons (Fsp3) is 0. The van der Waals surface area contributed by atoms with Crippen LogP contribution in [0.2, 0.25) is 0 Å². The van der Waals surface area contributed by atoms with Crippen LogP contribution in [0.3, 0.4) is 0 Å². The van der Waals surface area contributed by atoms with Crippen LogP contribution < -0.4 is 0 Å². The summed E-state index contributed by atoms with van der Waals surface area (Å²) in [5.41, 5.74) is 0. The van der Waals surface area contributed by atoms with Gasteiger partial charge in [-0.15, -0.1) is 0 Å². The van der Waals surface area contributed by atoms with Gasteiger partial charge in [-0.05, 0) is 0 Å². The zero-order valence-electron chi connectivity index (χ0n) is 2.12. The molecule has 0 aromatic heterocycles. The monoisotopic (exact) mass is 100.0 g/mol. The third kappa shape index (κ3) is 801. The first-order valence-electron chi connectivity index (χ1n) is 0.698. The summed E-state index contributed by atoms with van der Waals surface area (Å²) in [6, 6.07) is 0. The molecule has 0 amide bonds. The summed E-state index contributed by atoms with van der Waals surface area (Å²) in [5.74, 6) is 0. The minimum absolute atomic E-state index is 4.67. The molecule has 0 saturated carbocycles. The molecule has 5 heteroatoms. The van der Waals surface area contributed by atoms with E-state index in [-0.39, 0.29) is 0 Å². The van der Waals surface area contributed by atoms with Crippen LogP contribution in [0.15, 0.2) is 0 Å². The van der Waals surface area contributed by atoms with Gasteiger partial charge in [0.2, 0.25) is 0 Å². The van der Waals surface area contributed by atoms with E-state index in [4.69, 9.17) is 17.5 Å². The van der Waals surface area contributed by atoms with Gasteiger partial charge in [-0.3, -0.25) is 9.11 Å². The van der Waals surface area contributed by atoms with Crippen molar-refractivity contribution >= 4 is 10.4 Å². The molecule has 0 fully saturated rings. The summed E-state index contributed by atoms with van der Waals surface area (Å²) in [6.07, 6.45) is 0. The molecule has 0 aliphatic rings. The van der Waals surface area contributed by atoms with Gasteiger partial charge in [-0.2, -0.15) is 8.42 Å². The molecule has 5 heavy (non-hydrogen) atoms. The fourth-order valence-electron chi connectivity index (χ4n) is 0. The van der Waals surface area contributed by atoms with Gasteiger partial charge in [0.1, 0.15) is 0 Å². The summed E-state index contributed by atoms with van der Waals surface area (Å²) in [6.45, 7) is 0. The Labute approximate surface area is 29.0 Å². The molecular formula is H2O4S. The van der Waals surface area contributed by atoms with Gasteiger partial charge >= 0.3 is 10.4 Å². The summed E-state index contributed by atoms with van der Waals surface area (Å²) in [4.78, 5) is 0. The lowest BCUT2D eigenvalue weighted by molar-refractivity contribution is 0.381. The van der Waals surface area contributed by atoms with Crippen LogP contribution in [0.4, 0.5) is 0 Å². The molecule has 0 spiro atoms. The maximum Gasteiger partial charge on any atom is 0.394 e. The standard InChI is InChI=1S/H2O4S/c1-5(2,3)4/h(H2,1,2,3,4)/i1+2. The van der Waals surface area contributed by atoms with Crippen LogP contribution in [-0.2, 0) is 10.4 Å². The van der Waals surface area contributed by atoms with Crippen molar-refractivity contribution in [2.45, 2.75) is 0 Å². The summed E-state index contributed by atoms with van der Waals surface area (Å²) in [5, 5.41) is 0. The highest BCUT2D eigenvalue weighted by Crippen LogP contribution is 1.59. The van der Waals surface area contributed by atoms with Gasteiger partial charge in [0, 0.05) is 0 Å². The van der Waals surface area contributed by atoms with Gasteiger partial charge in [0.05, 0.1) is 0 Å². The second kappa shape index (κ2) is 0.925. The van der Waals surface area contributed by atoms with Crippen LogP contribution in [0.1, 0.15) is 0 Å². The van der Waals surface area contributed by atoms with Gasteiger partial charge in [0.25, 0.3) is 0 Å². The van der Waals surface area contributed by atoms with Crippen LogP contribution in [0, 0.1) is 0 Å². The number of hydrogen-bond acceptors (Lipinski definition) is 2. The van der Waals surface area contributed by atoms with Crippen molar-refractivity contribution in [3.05, 3.63) is 0 Å². The molecule has 0 unspecified atom stereocenters. The Morgan fingerprint density at radius 3 is 1.60 bits per heavy atom. The molecule has 0 aliphatic carbocycles. The summed E-state index contributed by atoms with van der Waals surface area (Å²) < 4.78 is 31.6. The van der Waals surface area contributed by atoms with E-state index in [0.717, 1.165) is 0 Å². The van der Waals surface area contributed by atoms with Crippen LogP contribution in [0.25, 0.3) is 0 Å². The minimum atomic E-state index is -4.67. The predicted molar refractivity (Wildman–Crippen MR) is 14.2 cm³/mol. The zero-order valence-corrected chi connectivity index (χ0v) is 2.94. The molecule has 0 rings (SSSR count).